The van der Waals surface area contributed by atoms with E-state index in [-0.39, 0.29) is 6.04 Å². The van der Waals surface area contributed by atoms with Gasteiger partial charge in [0, 0.05) is 23.5 Å². The molecule has 3 aromatic rings. The first-order valence-electron chi connectivity index (χ1n) is 10.3. The van der Waals surface area contributed by atoms with Gasteiger partial charge in [0.2, 0.25) is 16.0 Å². The Balaban J connectivity index is 1.46. The highest BCUT2D eigenvalue weighted by Gasteiger charge is 2.33. The first kappa shape index (κ1) is 20.9. The van der Waals surface area contributed by atoms with Crippen LogP contribution in [-0.2, 0) is 10.0 Å². The van der Waals surface area contributed by atoms with Crippen LogP contribution in [0.5, 0.6) is 0 Å². The van der Waals surface area contributed by atoms with Gasteiger partial charge in [0.15, 0.2) is 0 Å². The monoisotopic (exact) mass is 430 g/mol. The van der Waals surface area contributed by atoms with Crippen LogP contribution in [0.2, 0.25) is 0 Å². The molecule has 8 heteroatoms. The van der Waals surface area contributed by atoms with Gasteiger partial charge in [0.05, 0.1) is 21.5 Å². The summed E-state index contributed by atoms with van der Waals surface area (Å²) >= 11 is 0. The van der Waals surface area contributed by atoms with Crippen LogP contribution in [0.4, 0.5) is 4.39 Å². The van der Waals surface area contributed by atoms with E-state index in [1.807, 2.05) is 12.1 Å². The Labute approximate surface area is 176 Å². The fourth-order valence-electron chi connectivity index (χ4n) is 3.86. The van der Waals surface area contributed by atoms with E-state index in [4.69, 9.17) is 4.98 Å². The lowest BCUT2D eigenvalue weighted by molar-refractivity contribution is 0.368. The molecule has 0 radical (unpaired) electrons. The average Bonchev–Trinajstić information content (AvgIpc) is 3.11. The number of rotatable bonds is 4. The van der Waals surface area contributed by atoms with Crippen LogP contribution in [0.25, 0.3) is 22.3 Å². The minimum Gasteiger partial charge on any atom is -0.357 e. The third-order valence-corrected chi connectivity index (χ3v) is 8.07. The van der Waals surface area contributed by atoms with Gasteiger partial charge in [-0.2, -0.15) is 4.39 Å². The normalized spacial score (nSPS) is 20.5. The zero-order valence-corrected chi connectivity index (χ0v) is 18.3. The third-order valence-electron chi connectivity index (χ3n) is 5.81. The van der Waals surface area contributed by atoms with Crippen molar-refractivity contribution in [2.75, 3.05) is 0 Å². The predicted molar refractivity (Wildman–Crippen MR) is 116 cm³/mol. The molecule has 1 fully saturated rings. The zero-order chi connectivity index (χ0) is 21.5. The maximum absolute atomic E-state index is 13.1. The van der Waals surface area contributed by atoms with Crippen molar-refractivity contribution < 1.29 is 12.8 Å². The van der Waals surface area contributed by atoms with Crippen molar-refractivity contribution >= 4 is 21.1 Å². The molecule has 6 nitrogen and oxygen atoms in total. The summed E-state index contributed by atoms with van der Waals surface area (Å²) in [4.78, 5) is 11.9. The number of hydrogen-bond donors (Lipinski definition) is 2. The summed E-state index contributed by atoms with van der Waals surface area (Å²) in [6, 6.07) is 8.94. The number of halogens is 1. The second-order valence-electron chi connectivity index (χ2n) is 9.01. The lowest BCUT2D eigenvalue weighted by Crippen LogP contribution is -2.45. The van der Waals surface area contributed by atoms with Crippen LogP contribution in [0.15, 0.2) is 36.5 Å². The lowest BCUT2D eigenvalue weighted by Gasteiger charge is -2.31. The van der Waals surface area contributed by atoms with Gasteiger partial charge in [-0.3, -0.25) is 0 Å². The molecule has 4 rings (SSSR count). The highest BCUT2D eigenvalue weighted by molar-refractivity contribution is 7.90. The maximum atomic E-state index is 13.1. The van der Waals surface area contributed by atoms with Gasteiger partial charge in [0.25, 0.3) is 0 Å². The van der Waals surface area contributed by atoms with E-state index in [2.05, 4.69) is 20.8 Å². The van der Waals surface area contributed by atoms with Crippen molar-refractivity contribution in [1.29, 1.82) is 0 Å². The van der Waals surface area contributed by atoms with Crippen molar-refractivity contribution in [1.82, 2.24) is 19.7 Å². The van der Waals surface area contributed by atoms with Gasteiger partial charge in [-0.1, -0.05) is 0 Å². The number of fused-ring (bicyclic) bond motifs is 1. The van der Waals surface area contributed by atoms with Crippen molar-refractivity contribution in [3.05, 3.63) is 48.2 Å². The molecule has 0 unspecified atom stereocenters. The third kappa shape index (κ3) is 4.25. The molecule has 1 aliphatic rings. The second-order valence-corrected chi connectivity index (χ2v) is 11.5. The van der Waals surface area contributed by atoms with E-state index in [0.717, 1.165) is 53.7 Å². The number of pyridine rings is 2. The largest absolute Gasteiger partial charge is 0.357 e. The topological polar surface area (TPSA) is 87.7 Å². The van der Waals surface area contributed by atoms with Crippen LogP contribution in [-0.4, -0.2) is 34.2 Å². The van der Waals surface area contributed by atoms with Crippen LogP contribution in [0.1, 0.15) is 58.1 Å². The van der Waals surface area contributed by atoms with Gasteiger partial charge in [-0.25, -0.2) is 23.1 Å². The molecule has 0 amide bonds. The number of nitrogens with one attached hydrogen (secondary N) is 2. The summed E-state index contributed by atoms with van der Waals surface area (Å²) in [5.41, 5.74) is 4.47. The Morgan fingerprint density at radius 3 is 2.47 bits per heavy atom. The highest BCUT2D eigenvalue weighted by atomic mass is 32.2. The minimum absolute atomic E-state index is 0.00874. The molecule has 0 spiro atoms. The fourth-order valence-corrected chi connectivity index (χ4v) is 4.88. The Hall–Kier alpha value is -2.32. The number of aromatic amines is 1. The molecule has 0 bridgehead atoms. The predicted octanol–water partition coefficient (Wildman–Crippen LogP) is 4.51. The smallest absolute Gasteiger partial charge is 0.216 e. The maximum Gasteiger partial charge on any atom is 0.216 e. The summed E-state index contributed by atoms with van der Waals surface area (Å²) in [5, 5.41) is 0. The second kappa shape index (κ2) is 7.74. The van der Waals surface area contributed by atoms with Crippen LogP contribution in [0, 0.1) is 5.95 Å². The summed E-state index contributed by atoms with van der Waals surface area (Å²) in [6.45, 7) is 5.15. The summed E-state index contributed by atoms with van der Waals surface area (Å²) in [7, 11) is -3.33. The molecule has 1 saturated carbocycles. The van der Waals surface area contributed by atoms with Gasteiger partial charge >= 0.3 is 0 Å². The minimum atomic E-state index is -3.33. The van der Waals surface area contributed by atoms with E-state index < -0.39 is 20.7 Å². The van der Waals surface area contributed by atoms with Crippen LogP contribution >= 0.6 is 0 Å². The molecule has 160 valence electrons. The Kier molecular flexibility index (Phi) is 5.40. The van der Waals surface area contributed by atoms with E-state index in [1.54, 1.807) is 26.8 Å². The Morgan fingerprint density at radius 1 is 1.10 bits per heavy atom. The van der Waals surface area contributed by atoms with Gasteiger partial charge in [-0.05, 0) is 82.7 Å². The lowest BCUT2D eigenvalue weighted by atomic mass is 9.84. The van der Waals surface area contributed by atoms with Crippen LogP contribution in [0.3, 0.4) is 0 Å². The summed E-state index contributed by atoms with van der Waals surface area (Å²) in [5.74, 6) is -0.158. The highest BCUT2D eigenvalue weighted by Crippen LogP contribution is 2.34. The molecule has 2 N–H and O–H groups in total. The van der Waals surface area contributed by atoms with Crippen molar-refractivity contribution in [2.24, 2.45) is 0 Å². The molecule has 3 heterocycles. The Bertz CT molecular complexity index is 1140. The van der Waals surface area contributed by atoms with Crippen molar-refractivity contribution in [3.63, 3.8) is 0 Å². The average molecular weight is 431 g/mol. The molecular weight excluding hydrogens is 403 g/mol. The summed E-state index contributed by atoms with van der Waals surface area (Å²) < 4.78 is 40.0. The fraction of sp³-hybridized carbons (Fsp3) is 0.455. The van der Waals surface area contributed by atoms with Crippen molar-refractivity contribution in [2.45, 2.75) is 63.2 Å². The molecular formula is C22H27FN4O2S. The number of aromatic nitrogens is 3. The standard InChI is InChI=1S/C22H27FN4O2S/c1-22(2,3)30(28,29)27-16-7-4-14(5-8-16)19-12-20-18(26-19)10-9-17(25-20)15-6-11-21(23)24-13-15/h6,9-14,16,26-27H,4-5,7-8H2,1-3H3. The molecule has 1 aliphatic carbocycles. The molecule has 3 aromatic heterocycles. The molecule has 0 aromatic carbocycles. The number of sulfonamides is 1. The molecule has 30 heavy (non-hydrogen) atoms. The summed E-state index contributed by atoms with van der Waals surface area (Å²) in [6.07, 6.45) is 4.94. The number of nitrogens with zero attached hydrogens (tertiary/aromatic N) is 2. The molecule has 0 saturated heterocycles. The van der Waals surface area contributed by atoms with Crippen molar-refractivity contribution in [3.8, 4) is 11.3 Å². The van der Waals surface area contributed by atoms with E-state index in [1.165, 1.54) is 12.3 Å². The Morgan fingerprint density at radius 2 is 1.83 bits per heavy atom. The number of hydrogen-bond acceptors (Lipinski definition) is 4. The van der Waals surface area contributed by atoms with Gasteiger partial charge < -0.3 is 4.98 Å². The number of H-pyrrole nitrogens is 1. The SMILES string of the molecule is CC(C)(C)S(=O)(=O)NC1CCC(c2cc3nc(-c4ccc(F)nc4)ccc3[nH]2)CC1. The van der Waals surface area contributed by atoms with E-state index in [9.17, 15) is 12.8 Å². The quantitative estimate of drug-likeness (QED) is 0.596. The zero-order valence-electron chi connectivity index (χ0n) is 17.4. The molecule has 0 aliphatic heterocycles. The van der Waals surface area contributed by atoms with E-state index in [0.29, 0.717) is 5.92 Å². The van der Waals surface area contributed by atoms with Gasteiger partial charge in [0.1, 0.15) is 0 Å². The van der Waals surface area contributed by atoms with Gasteiger partial charge in [-0.15, -0.1) is 0 Å². The van der Waals surface area contributed by atoms with E-state index >= 15 is 0 Å². The molecule has 0 atom stereocenters. The first-order chi connectivity index (χ1) is 14.1. The first-order valence-corrected chi connectivity index (χ1v) is 11.7. The van der Waals surface area contributed by atoms with Crippen LogP contribution < -0.4 is 4.72 Å².